The predicted octanol–water partition coefficient (Wildman–Crippen LogP) is 3.16. The Morgan fingerprint density at radius 3 is 2.95 bits per heavy atom. The molecule has 0 amide bonds. The number of aromatic nitrogens is 2. The Balaban J connectivity index is 1.65. The molecule has 0 aromatic carbocycles. The Hall–Kier alpha value is -0.830. The van der Waals surface area contributed by atoms with E-state index in [0.717, 1.165) is 11.8 Å². The Morgan fingerprint density at radius 2 is 2.35 bits per heavy atom. The fraction of sp³-hybridized carbons (Fsp3) is 0.824. The van der Waals surface area contributed by atoms with E-state index >= 15 is 0 Å². The summed E-state index contributed by atoms with van der Waals surface area (Å²) in [4.78, 5) is 0. The molecule has 0 aliphatic heterocycles. The average Bonchev–Trinajstić information content (AvgIpc) is 3.13. The van der Waals surface area contributed by atoms with Gasteiger partial charge in [-0.15, -0.1) is 0 Å². The molecule has 1 aromatic rings. The first-order valence-corrected chi connectivity index (χ1v) is 8.41. The van der Waals surface area contributed by atoms with Gasteiger partial charge in [-0.1, -0.05) is 13.3 Å². The van der Waals surface area contributed by atoms with E-state index in [0.29, 0.717) is 5.41 Å². The summed E-state index contributed by atoms with van der Waals surface area (Å²) in [6.45, 7) is 4.67. The molecule has 1 heterocycles. The van der Waals surface area contributed by atoms with Gasteiger partial charge in [0.15, 0.2) is 0 Å². The zero-order valence-electron chi connectivity index (χ0n) is 13.1. The summed E-state index contributed by atoms with van der Waals surface area (Å²) >= 11 is 0. The standard InChI is InChI=1S/C17H29N3/c1-3-9-18-13-17(12-14-4-5-15(17)11-14)8-6-16-7-10-19-20(16)2/h7,10,14-15,18H,3-6,8-9,11-13H2,1-2H3. The van der Waals surface area contributed by atoms with Crippen LogP contribution in [0.1, 0.15) is 51.1 Å². The molecule has 2 saturated carbocycles. The monoisotopic (exact) mass is 275 g/mol. The normalized spacial score (nSPS) is 32.1. The summed E-state index contributed by atoms with van der Waals surface area (Å²) < 4.78 is 2.04. The van der Waals surface area contributed by atoms with E-state index in [1.807, 2.05) is 10.9 Å². The molecule has 3 rings (SSSR count). The van der Waals surface area contributed by atoms with Gasteiger partial charge in [-0.2, -0.15) is 5.10 Å². The third-order valence-electron chi connectivity index (χ3n) is 5.81. The Morgan fingerprint density at radius 1 is 1.45 bits per heavy atom. The third kappa shape index (κ3) is 2.65. The van der Waals surface area contributed by atoms with Gasteiger partial charge in [-0.05, 0) is 68.4 Å². The molecular formula is C17H29N3. The van der Waals surface area contributed by atoms with Crippen molar-refractivity contribution in [3.63, 3.8) is 0 Å². The number of hydrogen-bond acceptors (Lipinski definition) is 2. The first-order valence-electron chi connectivity index (χ1n) is 8.41. The van der Waals surface area contributed by atoms with Gasteiger partial charge >= 0.3 is 0 Å². The van der Waals surface area contributed by atoms with E-state index in [1.165, 1.54) is 63.7 Å². The highest BCUT2D eigenvalue weighted by molar-refractivity contribution is 5.06. The fourth-order valence-electron chi connectivity index (χ4n) is 4.71. The molecule has 0 saturated heterocycles. The van der Waals surface area contributed by atoms with Crippen molar-refractivity contribution < 1.29 is 0 Å². The first kappa shape index (κ1) is 14.1. The molecule has 1 N–H and O–H groups in total. The van der Waals surface area contributed by atoms with Gasteiger partial charge in [-0.25, -0.2) is 0 Å². The van der Waals surface area contributed by atoms with E-state index in [-0.39, 0.29) is 0 Å². The summed E-state index contributed by atoms with van der Waals surface area (Å²) in [6, 6.07) is 2.18. The van der Waals surface area contributed by atoms with Crippen LogP contribution in [0.25, 0.3) is 0 Å². The lowest BCUT2D eigenvalue weighted by molar-refractivity contribution is 0.142. The lowest BCUT2D eigenvalue weighted by Gasteiger charge is -2.38. The van der Waals surface area contributed by atoms with Crippen LogP contribution in [0.3, 0.4) is 0 Å². The Labute approximate surface area is 123 Å². The summed E-state index contributed by atoms with van der Waals surface area (Å²) in [7, 11) is 2.07. The number of nitrogens with one attached hydrogen (secondary N) is 1. The minimum atomic E-state index is 0.572. The number of rotatable bonds is 7. The quantitative estimate of drug-likeness (QED) is 0.775. The topological polar surface area (TPSA) is 29.9 Å². The smallest absolute Gasteiger partial charge is 0.0492 e. The van der Waals surface area contributed by atoms with E-state index in [9.17, 15) is 0 Å². The maximum Gasteiger partial charge on any atom is 0.0492 e. The van der Waals surface area contributed by atoms with Gasteiger partial charge in [0.05, 0.1) is 0 Å². The third-order valence-corrected chi connectivity index (χ3v) is 5.81. The number of hydrogen-bond donors (Lipinski definition) is 1. The highest BCUT2D eigenvalue weighted by Crippen LogP contribution is 2.57. The van der Waals surface area contributed by atoms with Crippen molar-refractivity contribution in [1.82, 2.24) is 15.1 Å². The summed E-state index contributed by atoms with van der Waals surface area (Å²) in [5.41, 5.74) is 1.96. The molecule has 3 nitrogen and oxygen atoms in total. The summed E-state index contributed by atoms with van der Waals surface area (Å²) in [5, 5.41) is 8.03. The van der Waals surface area contributed by atoms with E-state index in [4.69, 9.17) is 0 Å². The van der Waals surface area contributed by atoms with Crippen LogP contribution < -0.4 is 5.32 Å². The van der Waals surface area contributed by atoms with Crippen molar-refractivity contribution in [1.29, 1.82) is 0 Å². The molecule has 2 aliphatic carbocycles. The van der Waals surface area contributed by atoms with E-state index in [1.54, 1.807) is 0 Å². The average molecular weight is 275 g/mol. The summed E-state index contributed by atoms with van der Waals surface area (Å²) in [6.07, 6.45) is 11.6. The van der Waals surface area contributed by atoms with Gasteiger partial charge in [0.1, 0.15) is 0 Å². The van der Waals surface area contributed by atoms with Gasteiger partial charge in [0.2, 0.25) is 0 Å². The van der Waals surface area contributed by atoms with E-state index in [2.05, 4.69) is 30.5 Å². The summed E-state index contributed by atoms with van der Waals surface area (Å²) in [5.74, 6) is 2.00. The van der Waals surface area contributed by atoms with Crippen LogP contribution in [-0.2, 0) is 13.5 Å². The SMILES string of the molecule is CCCNCC1(CCc2ccnn2C)CC2CCC1C2. The molecule has 1 aromatic heterocycles. The van der Waals surface area contributed by atoms with Crippen molar-refractivity contribution in [3.05, 3.63) is 18.0 Å². The number of aryl methyl sites for hydroxylation is 2. The largest absolute Gasteiger partial charge is 0.316 e. The minimum absolute atomic E-state index is 0.572. The van der Waals surface area contributed by atoms with Crippen LogP contribution >= 0.6 is 0 Å². The van der Waals surface area contributed by atoms with E-state index < -0.39 is 0 Å². The van der Waals surface area contributed by atoms with Gasteiger partial charge in [0.25, 0.3) is 0 Å². The first-order chi connectivity index (χ1) is 9.73. The number of nitrogens with zero attached hydrogens (tertiary/aromatic N) is 2. The number of fused-ring (bicyclic) bond motifs is 2. The molecule has 0 radical (unpaired) electrons. The zero-order valence-corrected chi connectivity index (χ0v) is 13.1. The molecule has 112 valence electrons. The van der Waals surface area contributed by atoms with Gasteiger partial charge < -0.3 is 5.32 Å². The van der Waals surface area contributed by atoms with Gasteiger partial charge in [0, 0.05) is 25.5 Å². The maximum atomic E-state index is 4.31. The zero-order chi connectivity index (χ0) is 14.0. The molecular weight excluding hydrogens is 246 g/mol. The van der Waals surface area contributed by atoms with Crippen molar-refractivity contribution >= 4 is 0 Å². The Bertz CT molecular complexity index is 439. The Kier molecular flexibility index (Phi) is 4.16. The van der Waals surface area contributed by atoms with Crippen molar-refractivity contribution in [3.8, 4) is 0 Å². The van der Waals surface area contributed by atoms with Crippen LogP contribution in [0.5, 0.6) is 0 Å². The predicted molar refractivity (Wildman–Crippen MR) is 82.6 cm³/mol. The molecule has 2 fully saturated rings. The van der Waals surface area contributed by atoms with Crippen LogP contribution in [-0.4, -0.2) is 22.9 Å². The van der Waals surface area contributed by atoms with Crippen molar-refractivity contribution in [2.45, 2.75) is 51.9 Å². The molecule has 2 bridgehead atoms. The second kappa shape index (κ2) is 5.88. The second-order valence-corrected chi connectivity index (χ2v) is 7.07. The van der Waals surface area contributed by atoms with Crippen molar-refractivity contribution in [2.75, 3.05) is 13.1 Å². The molecule has 2 aliphatic rings. The fourth-order valence-corrected chi connectivity index (χ4v) is 4.71. The minimum Gasteiger partial charge on any atom is -0.316 e. The molecule has 3 atom stereocenters. The molecule has 20 heavy (non-hydrogen) atoms. The lowest BCUT2D eigenvalue weighted by Crippen LogP contribution is -2.39. The lowest BCUT2D eigenvalue weighted by atomic mass is 9.70. The van der Waals surface area contributed by atoms with Gasteiger partial charge in [-0.3, -0.25) is 4.68 Å². The molecule has 0 spiro atoms. The van der Waals surface area contributed by atoms with Crippen molar-refractivity contribution in [2.24, 2.45) is 24.3 Å². The highest BCUT2D eigenvalue weighted by atomic mass is 15.2. The van der Waals surface area contributed by atoms with Crippen LogP contribution in [0.4, 0.5) is 0 Å². The maximum absolute atomic E-state index is 4.31. The van der Waals surface area contributed by atoms with Crippen LogP contribution in [0, 0.1) is 17.3 Å². The van der Waals surface area contributed by atoms with Crippen LogP contribution in [0.15, 0.2) is 12.3 Å². The molecule has 3 unspecified atom stereocenters. The molecule has 3 heteroatoms. The highest BCUT2D eigenvalue weighted by Gasteiger charge is 2.49. The second-order valence-electron chi connectivity index (χ2n) is 7.07. The van der Waals surface area contributed by atoms with Crippen LogP contribution in [0.2, 0.25) is 0 Å².